The summed E-state index contributed by atoms with van der Waals surface area (Å²) in [7, 11) is -9.99. The lowest BCUT2D eigenvalue weighted by atomic mass is 9.98. The Morgan fingerprint density at radius 2 is 1.92 bits per heavy atom. The van der Waals surface area contributed by atoms with Gasteiger partial charge in [-0.1, -0.05) is 0 Å². The average molecular weight is 400 g/mol. The van der Waals surface area contributed by atoms with Crippen molar-refractivity contribution in [1.82, 2.24) is 0 Å². The van der Waals surface area contributed by atoms with Crippen LogP contribution in [0.4, 0.5) is 4.39 Å². The Bertz CT molecular complexity index is 714. The predicted octanol–water partition coefficient (Wildman–Crippen LogP) is 1.37. The number of nitrogens with zero attached hydrogens (tertiary/aromatic N) is 1. The van der Waals surface area contributed by atoms with Crippen LogP contribution in [0.5, 0.6) is 0 Å². The maximum Gasteiger partial charge on any atom is 0.352 e. The zero-order valence-corrected chi connectivity index (χ0v) is 15.7. The highest BCUT2D eigenvalue weighted by Crippen LogP contribution is 2.62. The number of hydrogen-bond donors (Lipinski definition) is 3. The summed E-state index contributed by atoms with van der Waals surface area (Å²) >= 11 is 0. The van der Waals surface area contributed by atoms with E-state index in [0.29, 0.717) is 0 Å². The van der Waals surface area contributed by atoms with Crippen molar-refractivity contribution in [2.75, 3.05) is 6.79 Å². The molecule has 3 N–H and O–H groups in total. The fraction of sp³-hybridized carbons (Fsp3) is 0.538. The van der Waals surface area contributed by atoms with Crippen molar-refractivity contribution < 1.29 is 46.8 Å². The van der Waals surface area contributed by atoms with Gasteiger partial charge in [-0.15, -0.1) is 0 Å². The van der Waals surface area contributed by atoms with Gasteiger partial charge in [0.25, 0.3) is 0 Å². The van der Waals surface area contributed by atoms with Crippen molar-refractivity contribution in [2.45, 2.75) is 32.7 Å². The molecule has 25 heavy (non-hydrogen) atoms. The number of carbonyl (C=O) groups excluding carboxylic acids is 1. The Morgan fingerprint density at radius 3 is 2.40 bits per heavy atom. The standard InChI is InChI=1S/C13H20FNO8P2/c1-13(2,3)12(16)22-9-23-25(20,21)11(24(17,18)19)8-15-6-4-5-10(14)7-15/h4-7,11H,8-9H2,1-3H3,(H2-,17,18,19,20,21)/p+1. The van der Waals surface area contributed by atoms with Crippen molar-refractivity contribution >= 4 is 21.2 Å². The normalized spacial score (nSPS) is 16.1. The Hall–Kier alpha value is -1.15. The van der Waals surface area contributed by atoms with Crippen LogP contribution >= 0.6 is 15.2 Å². The summed E-state index contributed by atoms with van der Waals surface area (Å²) in [6.45, 7) is 3.02. The van der Waals surface area contributed by atoms with Crippen LogP contribution in [-0.2, 0) is 29.7 Å². The number of aromatic nitrogens is 1. The van der Waals surface area contributed by atoms with E-state index >= 15 is 0 Å². The van der Waals surface area contributed by atoms with E-state index in [1.165, 1.54) is 12.3 Å². The van der Waals surface area contributed by atoms with Crippen LogP contribution in [0, 0.1) is 11.2 Å². The zero-order valence-electron chi connectivity index (χ0n) is 13.9. The van der Waals surface area contributed by atoms with Gasteiger partial charge in [-0.25, -0.2) is 8.96 Å². The summed E-state index contributed by atoms with van der Waals surface area (Å²) in [5.41, 5.74) is -0.886. The molecular formula is C13H21FNO8P2+. The van der Waals surface area contributed by atoms with Gasteiger partial charge in [0.05, 0.1) is 5.41 Å². The fourth-order valence-corrected chi connectivity index (χ4v) is 4.54. The molecule has 0 radical (unpaired) electrons. The molecule has 0 fully saturated rings. The second kappa shape index (κ2) is 8.03. The molecule has 0 amide bonds. The summed E-state index contributed by atoms with van der Waals surface area (Å²) in [6, 6.07) is 2.37. The molecule has 2 atom stereocenters. The molecule has 12 heteroatoms. The van der Waals surface area contributed by atoms with Gasteiger partial charge < -0.3 is 19.4 Å². The first-order valence-corrected chi connectivity index (χ1v) is 10.4. The molecule has 1 aromatic heterocycles. The van der Waals surface area contributed by atoms with E-state index in [0.717, 1.165) is 16.8 Å². The molecule has 0 spiro atoms. The van der Waals surface area contributed by atoms with Crippen LogP contribution in [0.2, 0.25) is 0 Å². The van der Waals surface area contributed by atoms with Gasteiger partial charge >= 0.3 is 21.2 Å². The van der Waals surface area contributed by atoms with Gasteiger partial charge in [0.1, 0.15) is 0 Å². The molecule has 0 aliphatic carbocycles. The van der Waals surface area contributed by atoms with Gasteiger partial charge in [-0.2, -0.15) is 0 Å². The largest absolute Gasteiger partial charge is 0.438 e. The first-order valence-electron chi connectivity index (χ1n) is 7.07. The fourth-order valence-electron chi connectivity index (χ4n) is 1.65. The van der Waals surface area contributed by atoms with Crippen molar-refractivity contribution in [3.8, 4) is 0 Å². The molecule has 0 saturated heterocycles. The zero-order chi connectivity index (χ0) is 19.5. The number of halogens is 1. The van der Waals surface area contributed by atoms with Crippen LogP contribution in [0.3, 0.4) is 0 Å². The number of ether oxygens (including phenoxy) is 1. The third-order valence-electron chi connectivity index (χ3n) is 3.00. The van der Waals surface area contributed by atoms with Crippen LogP contribution in [0.25, 0.3) is 0 Å². The minimum atomic E-state index is -5.10. The lowest BCUT2D eigenvalue weighted by molar-refractivity contribution is -0.696. The van der Waals surface area contributed by atoms with Gasteiger partial charge in [0.2, 0.25) is 18.4 Å². The van der Waals surface area contributed by atoms with Gasteiger partial charge in [0, 0.05) is 6.07 Å². The van der Waals surface area contributed by atoms with E-state index in [-0.39, 0.29) is 0 Å². The smallest absolute Gasteiger partial charge is 0.352 e. The maximum atomic E-state index is 13.2. The van der Waals surface area contributed by atoms with E-state index in [9.17, 15) is 33.0 Å². The van der Waals surface area contributed by atoms with Crippen molar-refractivity contribution in [2.24, 2.45) is 5.41 Å². The minimum Gasteiger partial charge on any atom is -0.438 e. The highest BCUT2D eigenvalue weighted by molar-refractivity contribution is 7.71. The summed E-state index contributed by atoms with van der Waals surface area (Å²) < 4.78 is 47.2. The topological polar surface area (TPSA) is 134 Å². The first kappa shape index (κ1) is 21.9. The van der Waals surface area contributed by atoms with E-state index in [4.69, 9.17) is 0 Å². The summed E-state index contributed by atoms with van der Waals surface area (Å²) in [4.78, 5) is 40.2. The molecule has 0 saturated carbocycles. The van der Waals surface area contributed by atoms with Crippen LogP contribution in [-0.4, -0.2) is 32.8 Å². The third-order valence-corrected chi connectivity index (χ3v) is 7.11. The van der Waals surface area contributed by atoms with Gasteiger partial charge in [-0.3, -0.25) is 18.4 Å². The molecule has 9 nitrogen and oxygen atoms in total. The van der Waals surface area contributed by atoms with Crippen molar-refractivity contribution in [3.63, 3.8) is 0 Å². The number of carbonyl (C=O) groups is 1. The van der Waals surface area contributed by atoms with Gasteiger partial charge in [-0.05, 0) is 26.8 Å². The molecule has 1 aromatic rings. The average Bonchev–Trinajstić information content (AvgIpc) is 2.42. The quantitative estimate of drug-likeness (QED) is 0.270. The Kier molecular flexibility index (Phi) is 7.03. The predicted molar refractivity (Wildman–Crippen MR) is 83.8 cm³/mol. The first-order chi connectivity index (χ1) is 11.2. The van der Waals surface area contributed by atoms with Crippen LogP contribution in [0.15, 0.2) is 24.5 Å². The number of hydrogen-bond acceptors (Lipinski definition) is 5. The Balaban J connectivity index is 2.89. The maximum absolute atomic E-state index is 13.2. The highest BCUT2D eigenvalue weighted by atomic mass is 31.2. The number of esters is 1. The van der Waals surface area contributed by atoms with E-state index in [1.807, 2.05) is 0 Å². The lowest BCUT2D eigenvalue weighted by Gasteiger charge is -2.22. The second-order valence-electron chi connectivity index (χ2n) is 6.28. The van der Waals surface area contributed by atoms with Crippen molar-refractivity contribution in [1.29, 1.82) is 0 Å². The number of rotatable bonds is 7. The SMILES string of the molecule is CC(C)(C)C(=O)OCOP(=O)(O)C(C[n+]1cccc(F)c1)P(=O)(O)O. The molecule has 0 aliphatic rings. The Morgan fingerprint density at radius 1 is 1.32 bits per heavy atom. The van der Waals surface area contributed by atoms with Crippen LogP contribution in [0.1, 0.15) is 20.8 Å². The number of pyridine rings is 1. The molecule has 0 aliphatic heterocycles. The van der Waals surface area contributed by atoms with E-state index in [2.05, 4.69) is 9.26 Å². The molecule has 0 aromatic carbocycles. The van der Waals surface area contributed by atoms with Crippen LogP contribution < -0.4 is 4.57 Å². The van der Waals surface area contributed by atoms with E-state index < -0.39 is 51.1 Å². The molecule has 1 heterocycles. The molecule has 0 bridgehead atoms. The molecule has 1 rings (SSSR count). The highest BCUT2D eigenvalue weighted by Gasteiger charge is 2.48. The molecule has 142 valence electrons. The van der Waals surface area contributed by atoms with Crippen molar-refractivity contribution in [3.05, 3.63) is 30.3 Å². The van der Waals surface area contributed by atoms with E-state index in [1.54, 1.807) is 20.8 Å². The van der Waals surface area contributed by atoms with Gasteiger partial charge in [0.15, 0.2) is 18.6 Å². The molecular weight excluding hydrogens is 379 g/mol. The summed E-state index contributed by atoms with van der Waals surface area (Å²) in [6.07, 6.45) is 2.17. The summed E-state index contributed by atoms with van der Waals surface area (Å²) in [5, 5.41) is -2.15. The Labute approximate surface area is 144 Å². The monoisotopic (exact) mass is 400 g/mol. The summed E-state index contributed by atoms with van der Waals surface area (Å²) in [5.74, 6) is -1.42. The lowest BCUT2D eigenvalue weighted by Crippen LogP contribution is -2.39. The molecule has 2 unspecified atom stereocenters. The minimum absolute atomic E-state index is 0.678. The second-order valence-corrected chi connectivity index (χ2v) is 10.5. The third kappa shape index (κ3) is 6.93.